The Labute approximate surface area is 163 Å². The van der Waals surface area contributed by atoms with Gasteiger partial charge in [-0.3, -0.25) is 0 Å². The second-order valence-electron chi connectivity index (χ2n) is 6.17. The Hall–Kier alpha value is -1.70. The van der Waals surface area contributed by atoms with Crippen LogP contribution in [-0.4, -0.2) is 69.2 Å². The van der Waals surface area contributed by atoms with E-state index in [0.717, 1.165) is 39.1 Å². The lowest BCUT2D eigenvalue weighted by molar-refractivity contribution is -0.148. The number of likely N-dealkylation sites (N-methyl/N-ethyl adjacent to an activating group) is 1. The van der Waals surface area contributed by atoms with Crippen molar-refractivity contribution >= 4 is 11.9 Å². The zero-order valence-corrected chi connectivity index (χ0v) is 17.3. The highest BCUT2D eigenvalue weighted by atomic mass is 16.7. The standard InChI is InChI=1S/C10H19NO2.C10H16O4/c1-5-11(6-2)7-8-13-10(12)9(3)4;1-8(2)10(11)14-7-6-13-9-4-3-5-12-9/h3,5-8H2,1-2,4H3;9H,1,3-7H2,2H3. The third-order valence-electron chi connectivity index (χ3n) is 3.74. The molecule has 1 atom stereocenters. The number of ether oxygens (including phenoxy) is 4. The lowest BCUT2D eigenvalue weighted by atomic mass is 10.4. The van der Waals surface area contributed by atoms with Crippen LogP contribution in [0.15, 0.2) is 24.3 Å². The zero-order valence-electron chi connectivity index (χ0n) is 17.3. The third kappa shape index (κ3) is 13.2. The minimum Gasteiger partial charge on any atom is -0.461 e. The molecular weight excluding hydrogens is 350 g/mol. The zero-order chi connectivity index (χ0) is 20.7. The van der Waals surface area contributed by atoms with Gasteiger partial charge in [-0.25, -0.2) is 9.59 Å². The van der Waals surface area contributed by atoms with Crippen molar-refractivity contribution in [2.75, 3.05) is 46.1 Å². The van der Waals surface area contributed by atoms with Crippen LogP contribution < -0.4 is 0 Å². The maximum atomic E-state index is 11.0. The minimum absolute atomic E-state index is 0.112. The summed E-state index contributed by atoms with van der Waals surface area (Å²) in [5.74, 6) is -0.673. The van der Waals surface area contributed by atoms with E-state index in [1.54, 1.807) is 13.8 Å². The van der Waals surface area contributed by atoms with E-state index in [2.05, 4.69) is 31.9 Å². The molecule has 1 heterocycles. The van der Waals surface area contributed by atoms with Gasteiger partial charge in [0.15, 0.2) is 6.29 Å². The summed E-state index contributed by atoms with van der Waals surface area (Å²) < 4.78 is 20.3. The van der Waals surface area contributed by atoms with Crippen LogP contribution in [0.5, 0.6) is 0 Å². The number of rotatable bonds is 11. The molecule has 0 saturated carbocycles. The van der Waals surface area contributed by atoms with Crippen molar-refractivity contribution in [1.29, 1.82) is 0 Å². The molecule has 1 aliphatic rings. The predicted molar refractivity (Wildman–Crippen MR) is 104 cm³/mol. The molecule has 0 N–H and O–H groups in total. The smallest absolute Gasteiger partial charge is 0.333 e. The number of hydrogen-bond acceptors (Lipinski definition) is 7. The third-order valence-corrected chi connectivity index (χ3v) is 3.74. The molecule has 1 rings (SSSR count). The summed E-state index contributed by atoms with van der Waals surface area (Å²) in [6, 6.07) is 0. The SMILES string of the molecule is C=C(C)C(=O)OCCN(CC)CC.C=C(C)C(=O)OCCOC1CCCO1. The first kappa shape index (κ1) is 25.3. The van der Waals surface area contributed by atoms with E-state index in [-0.39, 0.29) is 24.8 Å². The fraction of sp³-hybridized carbons (Fsp3) is 0.700. The Morgan fingerprint density at radius 1 is 1.00 bits per heavy atom. The van der Waals surface area contributed by atoms with Crippen LogP contribution in [0.3, 0.4) is 0 Å². The fourth-order valence-electron chi connectivity index (χ4n) is 2.05. The molecule has 0 aromatic carbocycles. The lowest BCUT2D eigenvalue weighted by Crippen LogP contribution is -2.27. The molecule has 7 nitrogen and oxygen atoms in total. The summed E-state index contributed by atoms with van der Waals surface area (Å²) in [5.41, 5.74) is 0.863. The summed E-state index contributed by atoms with van der Waals surface area (Å²) in [5, 5.41) is 0. The van der Waals surface area contributed by atoms with Gasteiger partial charge in [0.2, 0.25) is 0 Å². The highest BCUT2D eigenvalue weighted by Gasteiger charge is 2.15. The Morgan fingerprint density at radius 2 is 1.56 bits per heavy atom. The van der Waals surface area contributed by atoms with E-state index in [4.69, 9.17) is 18.9 Å². The largest absolute Gasteiger partial charge is 0.461 e. The maximum absolute atomic E-state index is 11.0. The van der Waals surface area contributed by atoms with Crippen molar-refractivity contribution in [3.8, 4) is 0 Å². The lowest BCUT2D eigenvalue weighted by Gasteiger charge is -2.17. The van der Waals surface area contributed by atoms with Crippen LogP contribution in [-0.2, 0) is 28.5 Å². The van der Waals surface area contributed by atoms with Crippen molar-refractivity contribution in [3.05, 3.63) is 24.3 Å². The fourth-order valence-corrected chi connectivity index (χ4v) is 2.05. The molecule has 1 unspecified atom stereocenters. The van der Waals surface area contributed by atoms with Gasteiger partial charge < -0.3 is 23.8 Å². The van der Waals surface area contributed by atoms with Crippen molar-refractivity contribution in [1.82, 2.24) is 4.90 Å². The van der Waals surface area contributed by atoms with Gasteiger partial charge in [0, 0.05) is 30.7 Å². The molecule has 0 spiro atoms. The number of carbonyl (C=O) groups excluding carboxylic acids is 2. The van der Waals surface area contributed by atoms with Gasteiger partial charge in [0.1, 0.15) is 13.2 Å². The quantitative estimate of drug-likeness (QED) is 0.307. The van der Waals surface area contributed by atoms with E-state index in [0.29, 0.717) is 24.4 Å². The van der Waals surface area contributed by atoms with Crippen LogP contribution in [0.2, 0.25) is 0 Å². The summed E-state index contributed by atoms with van der Waals surface area (Å²) in [4.78, 5) is 24.1. The second kappa shape index (κ2) is 15.4. The van der Waals surface area contributed by atoms with Gasteiger partial charge in [0.05, 0.1) is 6.61 Å². The monoisotopic (exact) mass is 385 g/mol. The van der Waals surface area contributed by atoms with E-state index in [1.165, 1.54) is 0 Å². The molecule has 0 radical (unpaired) electrons. The van der Waals surface area contributed by atoms with Gasteiger partial charge in [0.25, 0.3) is 0 Å². The average molecular weight is 386 g/mol. The van der Waals surface area contributed by atoms with E-state index >= 15 is 0 Å². The molecule has 0 amide bonds. The van der Waals surface area contributed by atoms with Crippen LogP contribution >= 0.6 is 0 Å². The number of carbonyl (C=O) groups is 2. The molecule has 1 aliphatic heterocycles. The average Bonchev–Trinajstić information content (AvgIpc) is 3.15. The Morgan fingerprint density at radius 3 is 2.00 bits per heavy atom. The molecule has 0 aliphatic carbocycles. The molecule has 156 valence electrons. The minimum atomic E-state index is -0.374. The first-order valence-corrected chi connectivity index (χ1v) is 9.42. The Kier molecular flexibility index (Phi) is 14.4. The van der Waals surface area contributed by atoms with Crippen LogP contribution in [0, 0.1) is 0 Å². The van der Waals surface area contributed by atoms with Crippen molar-refractivity contribution < 1.29 is 28.5 Å². The molecule has 0 bridgehead atoms. The van der Waals surface area contributed by atoms with Gasteiger partial charge >= 0.3 is 11.9 Å². The van der Waals surface area contributed by atoms with Crippen molar-refractivity contribution in [2.45, 2.75) is 46.8 Å². The number of nitrogens with zero attached hydrogens (tertiary/aromatic N) is 1. The van der Waals surface area contributed by atoms with Crippen molar-refractivity contribution in [2.24, 2.45) is 0 Å². The summed E-state index contributed by atoms with van der Waals surface area (Å²) >= 11 is 0. The van der Waals surface area contributed by atoms with E-state index in [9.17, 15) is 9.59 Å². The highest BCUT2D eigenvalue weighted by molar-refractivity contribution is 5.87. The Bertz CT molecular complexity index is 467. The van der Waals surface area contributed by atoms with Crippen LogP contribution in [0.1, 0.15) is 40.5 Å². The van der Waals surface area contributed by atoms with Gasteiger partial charge in [-0.05, 0) is 33.4 Å². The number of esters is 2. The van der Waals surface area contributed by atoms with E-state index in [1.807, 2.05) is 0 Å². The predicted octanol–water partition coefficient (Wildman–Crippen LogP) is 2.71. The molecule has 1 fully saturated rings. The molecule has 27 heavy (non-hydrogen) atoms. The molecule has 0 aromatic heterocycles. The topological polar surface area (TPSA) is 74.3 Å². The second-order valence-corrected chi connectivity index (χ2v) is 6.17. The normalized spacial score (nSPS) is 15.7. The highest BCUT2D eigenvalue weighted by Crippen LogP contribution is 2.12. The Balaban J connectivity index is 0.000000503. The van der Waals surface area contributed by atoms with E-state index < -0.39 is 0 Å². The first-order valence-electron chi connectivity index (χ1n) is 9.42. The molecule has 7 heteroatoms. The van der Waals surface area contributed by atoms with Crippen LogP contribution in [0.25, 0.3) is 0 Å². The van der Waals surface area contributed by atoms with Gasteiger partial charge in [-0.1, -0.05) is 27.0 Å². The maximum Gasteiger partial charge on any atom is 0.333 e. The summed E-state index contributed by atoms with van der Waals surface area (Å²) in [6.07, 6.45) is 1.85. The number of hydrogen-bond donors (Lipinski definition) is 0. The first-order chi connectivity index (χ1) is 12.8. The summed E-state index contributed by atoms with van der Waals surface area (Å²) in [6.45, 7) is 19.0. The molecular formula is C20H35NO6. The van der Waals surface area contributed by atoms with Crippen LogP contribution in [0.4, 0.5) is 0 Å². The molecule has 1 saturated heterocycles. The van der Waals surface area contributed by atoms with Crippen molar-refractivity contribution in [3.63, 3.8) is 0 Å². The van der Waals surface area contributed by atoms with Gasteiger partial charge in [-0.15, -0.1) is 0 Å². The summed E-state index contributed by atoms with van der Waals surface area (Å²) in [7, 11) is 0. The molecule has 0 aromatic rings. The van der Waals surface area contributed by atoms with Gasteiger partial charge in [-0.2, -0.15) is 0 Å².